The summed E-state index contributed by atoms with van der Waals surface area (Å²) >= 11 is 0. The second-order valence-electron chi connectivity index (χ2n) is 2.40. The van der Waals surface area contributed by atoms with Gasteiger partial charge in [-0.2, -0.15) is 0 Å². The molecule has 0 aliphatic rings. The van der Waals surface area contributed by atoms with Crippen molar-refractivity contribution in [3.05, 3.63) is 35.9 Å². The average molecular weight is 242 g/mol. The van der Waals surface area contributed by atoms with Crippen LogP contribution in [0.2, 0.25) is 0 Å². The van der Waals surface area contributed by atoms with Gasteiger partial charge in [-0.05, 0) is 12.0 Å². The molecule has 0 bridgehead atoms. The van der Waals surface area contributed by atoms with Crippen molar-refractivity contribution in [1.82, 2.24) is 0 Å². The fraction of sp³-hybridized carbons (Fsp3) is 0.250. The first-order valence-electron chi connectivity index (χ1n) is 3.76. The fourth-order valence-corrected chi connectivity index (χ4v) is 0.918. The molecule has 64 valence electrons. The van der Waals surface area contributed by atoms with E-state index in [0.717, 1.165) is 5.56 Å². The quantitative estimate of drug-likeness (QED) is 0.493. The van der Waals surface area contributed by atoms with Crippen molar-refractivity contribution in [1.29, 1.82) is 0 Å². The van der Waals surface area contributed by atoms with Crippen LogP contribution in [0.4, 0.5) is 0 Å². The maximum atomic E-state index is 9.94. The van der Waals surface area contributed by atoms with Gasteiger partial charge in [0.25, 0.3) is 0 Å². The Morgan fingerprint density at radius 3 is 2.14 bits per heavy atom. The second-order valence-corrected chi connectivity index (χ2v) is 2.40. The van der Waals surface area contributed by atoms with E-state index in [1.54, 1.807) is 0 Å². The minimum absolute atomic E-state index is 0. The van der Waals surface area contributed by atoms with Crippen LogP contribution in [0.1, 0.15) is 5.56 Å². The largest absolute Gasteiger partial charge is 1.00 e. The Morgan fingerprint density at radius 1 is 1.07 bits per heavy atom. The molecule has 0 aromatic heterocycles. The molecule has 0 saturated carbocycles. The molecule has 1 rings (SSSR count). The Kier molecular flexibility index (Phi) is 16.0. The van der Waals surface area contributed by atoms with Crippen LogP contribution < -0.4 is 113 Å². The van der Waals surface area contributed by atoms with Gasteiger partial charge in [0.15, 0.2) is 0 Å². The van der Waals surface area contributed by atoms with E-state index < -0.39 is 7.32 Å². The summed E-state index contributed by atoms with van der Waals surface area (Å²) in [4.78, 5) is 0. The molecule has 0 aliphatic heterocycles. The predicted molar refractivity (Wildman–Crippen MR) is 41.9 cm³/mol. The summed E-state index contributed by atoms with van der Waals surface area (Å²) in [6.45, 7) is 0.196. The molecule has 3 nitrogen and oxygen atoms in total. The molecule has 6 heteroatoms. The third kappa shape index (κ3) is 9.65. The second kappa shape index (κ2) is 11.9. The van der Waals surface area contributed by atoms with Gasteiger partial charge in [0, 0.05) is 6.61 Å². The van der Waals surface area contributed by atoms with Crippen LogP contribution in [0.3, 0.4) is 0 Å². The van der Waals surface area contributed by atoms with Crippen LogP contribution in [0, 0.1) is 0 Å². The molecule has 0 atom stereocenters. The van der Waals surface area contributed by atoms with E-state index in [1.165, 1.54) is 0 Å². The normalized spacial score (nSPS) is 8.43. The zero-order valence-electron chi connectivity index (χ0n) is 8.60. The monoisotopic (exact) mass is 242 g/mol. The van der Waals surface area contributed by atoms with Crippen molar-refractivity contribution in [2.24, 2.45) is 0 Å². The Balaban J connectivity index is 0. The zero-order valence-corrected chi connectivity index (χ0v) is 14.8. The van der Waals surface area contributed by atoms with Crippen LogP contribution in [-0.4, -0.2) is 13.9 Å². The van der Waals surface area contributed by atoms with Crippen molar-refractivity contribution in [2.75, 3.05) is 6.61 Å². The van der Waals surface area contributed by atoms with Crippen LogP contribution >= 0.6 is 0 Å². The van der Waals surface area contributed by atoms with E-state index in [2.05, 4.69) is 4.65 Å². The number of hydrogen-bond donors (Lipinski definition) is 0. The van der Waals surface area contributed by atoms with Gasteiger partial charge >= 0.3 is 103 Å². The Labute approximate surface area is 170 Å². The molecule has 14 heavy (non-hydrogen) atoms. The van der Waals surface area contributed by atoms with Crippen molar-refractivity contribution in [2.45, 2.75) is 6.42 Å². The van der Waals surface area contributed by atoms with Gasteiger partial charge in [0.2, 0.25) is 0 Å². The third-order valence-corrected chi connectivity index (χ3v) is 1.49. The Hall–Kier alpha value is 2.44. The van der Waals surface area contributed by atoms with Gasteiger partial charge in [-0.1, -0.05) is 30.3 Å². The molecule has 0 heterocycles. The third-order valence-electron chi connectivity index (χ3n) is 1.49. The van der Waals surface area contributed by atoms with Crippen molar-refractivity contribution in [3.8, 4) is 0 Å². The molecular weight excluding hydrogens is 233 g/mol. The summed E-state index contributed by atoms with van der Waals surface area (Å²) in [5.41, 5.74) is 1.07. The maximum absolute atomic E-state index is 9.94. The SMILES string of the molecule is [K+].[K+].[O-]B([O-])OCCc1ccccc1. The topological polar surface area (TPSA) is 55.3 Å². The summed E-state index contributed by atoms with van der Waals surface area (Å²) in [7, 11) is -2.16. The molecule has 1 aromatic carbocycles. The summed E-state index contributed by atoms with van der Waals surface area (Å²) < 4.78 is 4.33. The zero-order chi connectivity index (χ0) is 8.81. The van der Waals surface area contributed by atoms with E-state index in [1.807, 2.05) is 30.3 Å². The molecule has 0 fully saturated rings. The summed E-state index contributed by atoms with van der Waals surface area (Å²) in [5.74, 6) is 0. The smallest absolute Gasteiger partial charge is 0.871 e. The molecule has 0 amide bonds. The minimum Gasteiger partial charge on any atom is -0.871 e. The minimum atomic E-state index is -2.16. The maximum Gasteiger partial charge on any atom is 1.00 e. The predicted octanol–water partition coefficient (Wildman–Crippen LogP) is -7.04. The summed E-state index contributed by atoms with van der Waals surface area (Å²) in [5, 5.41) is 19.9. The van der Waals surface area contributed by atoms with E-state index >= 15 is 0 Å². The molecule has 1 aromatic rings. The van der Waals surface area contributed by atoms with Gasteiger partial charge in [0.05, 0.1) is 7.32 Å². The van der Waals surface area contributed by atoms with Gasteiger partial charge in [-0.15, -0.1) is 0 Å². The first-order valence-corrected chi connectivity index (χ1v) is 3.76. The molecule has 0 saturated heterocycles. The Morgan fingerprint density at radius 2 is 1.64 bits per heavy atom. The Bertz CT molecular complexity index is 221. The van der Waals surface area contributed by atoms with Crippen molar-refractivity contribution < 1.29 is 117 Å². The number of benzene rings is 1. The van der Waals surface area contributed by atoms with Crippen LogP contribution in [0.25, 0.3) is 0 Å². The molecule has 0 N–H and O–H groups in total. The van der Waals surface area contributed by atoms with E-state index in [-0.39, 0.29) is 109 Å². The molecule has 0 aliphatic carbocycles. The molecule has 0 unspecified atom stereocenters. The van der Waals surface area contributed by atoms with Gasteiger partial charge in [-0.25, -0.2) is 0 Å². The van der Waals surface area contributed by atoms with Gasteiger partial charge in [-0.3, -0.25) is 0 Å². The first-order chi connectivity index (χ1) is 5.79. The van der Waals surface area contributed by atoms with E-state index in [4.69, 9.17) is 0 Å². The van der Waals surface area contributed by atoms with Crippen LogP contribution in [0.5, 0.6) is 0 Å². The molecule has 0 spiro atoms. The van der Waals surface area contributed by atoms with Crippen molar-refractivity contribution >= 4 is 7.32 Å². The standard InChI is InChI=1S/C8H9BO3.2K/c10-9(11)12-7-6-8-4-2-1-3-5-8;;/h1-5H,6-7H2;;/q-2;2*+1. The molecular formula is C8H9BK2O3. The van der Waals surface area contributed by atoms with Crippen molar-refractivity contribution in [3.63, 3.8) is 0 Å². The van der Waals surface area contributed by atoms with Gasteiger partial charge < -0.3 is 14.7 Å². The van der Waals surface area contributed by atoms with E-state index in [9.17, 15) is 10.0 Å². The number of rotatable bonds is 4. The first kappa shape index (κ1) is 18.8. The van der Waals surface area contributed by atoms with E-state index in [0.29, 0.717) is 6.42 Å². The number of hydrogen-bond acceptors (Lipinski definition) is 3. The fourth-order valence-electron chi connectivity index (χ4n) is 0.918. The van der Waals surface area contributed by atoms with Gasteiger partial charge in [0.1, 0.15) is 0 Å². The van der Waals surface area contributed by atoms with Crippen LogP contribution in [0.15, 0.2) is 30.3 Å². The summed E-state index contributed by atoms with van der Waals surface area (Å²) in [6, 6.07) is 9.57. The summed E-state index contributed by atoms with van der Waals surface area (Å²) in [6.07, 6.45) is 0.613. The molecule has 0 radical (unpaired) electrons. The van der Waals surface area contributed by atoms with Crippen LogP contribution in [-0.2, 0) is 11.1 Å². The average Bonchev–Trinajstić information content (AvgIpc) is 2.05.